The molecule has 0 saturated heterocycles. The van der Waals surface area contributed by atoms with Crippen LogP contribution >= 0.6 is 33.9 Å². The average Bonchev–Trinajstić information content (AvgIpc) is 2.71. The van der Waals surface area contributed by atoms with Gasteiger partial charge in [-0.15, -0.1) is 11.3 Å². The first-order valence-electron chi connectivity index (χ1n) is 4.58. The maximum atomic E-state index is 10.0. The molecule has 0 aliphatic rings. The molecule has 2 nitrogen and oxygen atoms in total. The third-order valence-electron chi connectivity index (χ3n) is 2.12. The van der Waals surface area contributed by atoms with Gasteiger partial charge >= 0.3 is 0 Å². The van der Waals surface area contributed by atoms with Gasteiger partial charge in [0.15, 0.2) is 0 Å². The Labute approximate surface area is 106 Å². The fraction of sp³-hybridized carbons (Fsp3) is 0.182. The molecule has 0 spiro atoms. The predicted molar refractivity (Wildman–Crippen MR) is 69.9 cm³/mol. The van der Waals surface area contributed by atoms with Gasteiger partial charge in [0.2, 0.25) is 0 Å². The van der Waals surface area contributed by atoms with Crippen LogP contribution in [0.15, 0.2) is 35.8 Å². The van der Waals surface area contributed by atoms with E-state index in [2.05, 4.69) is 27.6 Å². The van der Waals surface area contributed by atoms with Crippen LogP contribution in [0.4, 0.5) is 0 Å². The van der Waals surface area contributed by atoms with E-state index in [0.717, 1.165) is 14.1 Å². The highest BCUT2D eigenvalue weighted by atomic mass is 127. The minimum atomic E-state index is -0.454. The molecule has 0 radical (unpaired) electrons. The lowest BCUT2D eigenvalue weighted by Crippen LogP contribution is -2.03. The van der Waals surface area contributed by atoms with E-state index < -0.39 is 6.10 Å². The van der Waals surface area contributed by atoms with E-state index in [1.54, 1.807) is 17.5 Å². The van der Waals surface area contributed by atoms with E-state index in [0.29, 0.717) is 6.42 Å². The Bertz CT molecular complexity index is 430. The van der Waals surface area contributed by atoms with Crippen LogP contribution < -0.4 is 0 Å². The van der Waals surface area contributed by atoms with E-state index in [4.69, 9.17) is 0 Å². The van der Waals surface area contributed by atoms with Gasteiger partial charge in [-0.1, -0.05) is 18.2 Å². The molecule has 0 saturated carbocycles. The van der Waals surface area contributed by atoms with Gasteiger partial charge in [-0.3, -0.25) is 0 Å². The number of aliphatic hydroxyl groups is 1. The van der Waals surface area contributed by atoms with Crippen LogP contribution in [0.3, 0.4) is 0 Å². The summed E-state index contributed by atoms with van der Waals surface area (Å²) < 4.78 is 1.10. The number of aromatic nitrogens is 1. The summed E-state index contributed by atoms with van der Waals surface area (Å²) in [6.07, 6.45) is 1.91. The van der Waals surface area contributed by atoms with Gasteiger partial charge in [0.25, 0.3) is 0 Å². The van der Waals surface area contributed by atoms with Crippen molar-refractivity contribution < 1.29 is 5.11 Å². The minimum absolute atomic E-state index is 0.454. The molecule has 0 aliphatic heterocycles. The van der Waals surface area contributed by atoms with Gasteiger partial charge in [0, 0.05) is 21.6 Å². The third kappa shape index (κ3) is 2.76. The summed E-state index contributed by atoms with van der Waals surface area (Å²) in [7, 11) is 0. The molecule has 2 aromatic rings. The highest BCUT2D eigenvalue weighted by Crippen LogP contribution is 2.23. The normalized spacial score (nSPS) is 12.7. The Balaban J connectivity index is 2.15. The van der Waals surface area contributed by atoms with E-state index in [-0.39, 0.29) is 0 Å². The number of rotatable bonds is 3. The van der Waals surface area contributed by atoms with Crippen molar-refractivity contribution in [2.24, 2.45) is 0 Å². The number of aliphatic hydroxyl groups excluding tert-OH is 1. The lowest BCUT2D eigenvalue weighted by molar-refractivity contribution is 0.177. The summed E-state index contributed by atoms with van der Waals surface area (Å²) in [6.45, 7) is 0. The van der Waals surface area contributed by atoms with Crippen LogP contribution in [0.5, 0.6) is 0 Å². The third-order valence-corrected chi connectivity index (χ3v) is 3.90. The van der Waals surface area contributed by atoms with Crippen LogP contribution in [0, 0.1) is 3.57 Å². The maximum absolute atomic E-state index is 10.0. The van der Waals surface area contributed by atoms with Crippen molar-refractivity contribution in [1.29, 1.82) is 0 Å². The van der Waals surface area contributed by atoms with E-state index >= 15 is 0 Å². The van der Waals surface area contributed by atoms with Gasteiger partial charge < -0.3 is 5.11 Å². The predicted octanol–water partition coefficient (Wildman–Crippen LogP) is 3.02. The summed E-state index contributed by atoms with van der Waals surface area (Å²) in [5.41, 5.74) is 0.980. The van der Waals surface area contributed by atoms with E-state index in [9.17, 15) is 5.11 Å². The lowest BCUT2D eigenvalue weighted by Gasteiger charge is -2.10. The molecule has 1 heterocycles. The maximum Gasteiger partial charge on any atom is 0.0954 e. The van der Waals surface area contributed by atoms with Crippen molar-refractivity contribution in [3.05, 3.63) is 50.0 Å². The second-order valence-corrected chi connectivity index (χ2v) is 5.31. The summed E-state index contributed by atoms with van der Waals surface area (Å²) in [4.78, 5) is 4.17. The summed E-state index contributed by atoms with van der Waals surface area (Å²) in [5, 5.41) is 12.9. The van der Waals surface area contributed by atoms with Crippen molar-refractivity contribution in [1.82, 2.24) is 4.98 Å². The molecule has 78 valence electrons. The summed E-state index contributed by atoms with van der Waals surface area (Å²) in [6, 6.07) is 7.88. The first-order valence-corrected chi connectivity index (χ1v) is 6.54. The highest BCUT2D eigenvalue weighted by molar-refractivity contribution is 14.1. The number of benzene rings is 1. The molecule has 2 rings (SSSR count). The molecule has 1 atom stereocenters. The standard InChI is InChI=1S/C11H10INOS/c12-9-4-2-1-3-8(9)10(14)7-11-13-5-6-15-11/h1-6,10,14H,7H2. The van der Waals surface area contributed by atoms with Gasteiger partial charge in [-0.25, -0.2) is 4.98 Å². The first-order chi connectivity index (χ1) is 7.27. The number of thiazole rings is 1. The zero-order chi connectivity index (χ0) is 10.7. The molecule has 0 fully saturated rings. The second kappa shape index (κ2) is 5.05. The van der Waals surface area contributed by atoms with Crippen molar-refractivity contribution in [3.63, 3.8) is 0 Å². The lowest BCUT2D eigenvalue weighted by atomic mass is 10.1. The van der Waals surface area contributed by atoms with Crippen molar-refractivity contribution >= 4 is 33.9 Å². The molecule has 0 bridgehead atoms. The van der Waals surface area contributed by atoms with Crippen LogP contribution in [0.2, 0.25) is 0 Å². The molecule has 0 aliphatic carbocycles. The topological polar surface area (TPSA) is 33.1 Å². The van der Waals surface area contributed by atoms with Crippen molar-refractivity contribution in [2.75, 3.05) is 0 Å². The number of hydrogen-bond acceptors (Lipinski definition) is 3. The van der Waals surface area contributed by atoms with E-state index in [1.807, 2.05) is 29.6 Å². The Hall–Kier alpha value is -0.460. The SMILES string of the molecule is OC(Cc1nccs1)c1ccccc1I. The fourth-order valence-electron chi connectivity index (χ4n) is 1.37. The number of nitrogens with zero attached hydrogens (tertiary/aromatic N) is 1. The Kier molecular flexibility index (Phi) is 3.71. The van der Waals surface area contributed by atoms with Gasteiger partial charge in [0.1, 0.15) is 0 Å². The Morgan fingerprint density at radius 2 is 2.20 bits per heavy atom. The Morgan fingerprint density at radius 1 is 1.40 bits per heavy atom. The monoisotopic (exact) mass is 331 g/mol. The summed E-state index contributed by atoms with van der Waals surface area (Å²) >= 11 is 3.82. The van der Waals surface area contributed by atoms with Crippen molar-refractivity contribution in [2.45, 2.75) is 12.5 Å². The van der Waals surface area contributed by atoms with Crippen LogP contribution in [0.25, 0.3) is 0 Å². The number of hydrogen-bond donors (Lipinski definition) is 1. The quantitative estimate of drug-likeness (QED) is 0.877. The van der Waals surface area contributed by atoms with Crippen LogP contribution in [-0.4, -0.2) is 10.1 Å². The molecule has 1 aromatic carbocycles. The molecule has 4 heteroatoms. The van der Waals surface area contributed by atoms with Crippen LogP contribution in [-0.2, 0) is 6.42 Å². The molecule has 15 heavy (non-hydrogen) atoms. The van der Waals surface area contributed by atoms with Gasteiger partial charge in [-0.2, -0.15) is 0 Å². The smallest absolute Gasteiger partial charge is 0.0954 e. The fourth-order valence-corrected chi connectivity index (χ4v) is 2.78. The minimum Gasteiger partial charge on any atom is -0.388 e. The Morgan fingerprint density at radius 3 is 2.87 bits per heavy atom. The molecular weight excluding hydrogens is 321 g/mol. The zero-order valence-corrected chi connectivity index (χ0v) is 10.9. The van der Waals surface area contributed by atoms with E-state index in [1.165, 1.54) is 0 Å². The number of halogens is 1. The molecule has 1 unspecified atom stereocenters. The molecule has 1 aromatic heterocycles. The molecule has 1 N–H and O–H groups in total. The van der Waals surface area contributed by atoms with Crippen molar-refractivity contribution in [3.8, 4) is 0 Å². The van der Waals surface area contributed by atoms with Gasteiger partial charge in [-0.05, 0) is 34.2 Å². The molecular formula is C11H10INOS. The second-order valence-electron chi connectivity index (χ2n) is 3.17. The van der Waals surface area contributed by atoms with Crippen LogP contribution in [0.1, 0.15) is 16.7 Å². The van der Waals surface area contributed by atoms with Gasteiger partial charge in [0.05, 0.1) is 11.1 Å². The zero-order valence-electron chi connectivity index (χ0n) is 7.93. The average molecular weight is 331 g/mol. The largest absolute Gasteiger partial charge is 0.388 e. The highest BCUT2D eigenvalue weighted by Gasteiger charge is 2.12. The molecule has 0 amide bonds. The summed E-state index contributed by atoms with van der Waals surface area (Å²) in [5.74, 6) is 0. The first kappa shape index (κ1) is 11.0.